The molecule has 1 saturated heterocycles. The molecule has 1 aliphatic carbocycles. The van der Waals surface area contributed by atoms with E-state index in [2.05, 4.69) is 48.2 Å². The molecule has 7 nitrogen and oxygen atoms in total. The first-order valence-corrected chi connectivity index (χ1v) is 12.5. The van der Waals surface area contributed by atoms with E-state index in [0.29, 0.717) is 11.8 Å². The van der Waals surface area contributed by atoms with Gasteiger partial charge in [-0.1, -0.05) is 42.1 Å². The molecule has 4 aromatic rings. The number of carbonyl (C=O) groups excluding carboxylic acids is 1. The Bertz CT molecular complexity index is 1300. The van der Waals surface area contributed by atoms with Gasteiger partial charge in [0.2, 0.25) is 5.91 Å². The second kappa shape index (κ2) is 8.59. The fourth-order valence-electron chi connectivity index (χ4n) is 4.61. The summed E-state index contributed by atoms with van der Waals surface area (Å²) in [5, 5.41) is 14.1. The molecule has 0 spiro atoms. The number of hydrogen-bond donors (Lipinski definition) is 2. The maximum atomic E-state index is 12.8. The summed E-state index contributed by atoms with van der Waals surface area (Å²) in [5.41, 5.74) is 4.13. The summed E-state index contributed by atoms with van der Waals surface area (Å²) in [7, 11) is 0. The molecule has 168 valence electrons. The number of H-pyrrole nitrogens is 1. The van der Waals surface area contributed by atoms with Crippen LogP contribution in [0.25, 0.3) is 22.3 Å². The van der Waals surface area contributed by atoms with Gasteiger partial charge in [0.05, 0.1) is 17.1 Å². The van der Waals surface area contributed by atoms with Gasteiger partial charge in [0.25, 0.3) is 0 Å². The SMILES string of the molecule is O=C(CSc1nnc(-c2c[nH]c3ccccc23)n1C1CC1)Nc1ccccc1N1CCCC1. The Balaban J connectivity index is 1.20. The van der Waals surface area contributed by atoms with E-state index in [1.807, 2.05) is 36.5 Å². The van der Waals surface area contributed by atoms with Gasteiger partial charge >= 0.3 is 0 Å². The van der Waals surface area contributed by atoms with E-state index >= 15 is 0 Å². The molecule has 0 unspecified atom stereocenters. The molecule has 2 aromatic carbocycles. The van der Waals surface area contributed by atoms with Gasteiger partial charge in [0.1, 0.15) is 0 Å². The van der Waals surface area contributed by atoms with Crippen molar-refractivity contribution in [1.29, 1.82) is 0 Å². The molecule has 0 radical (unpaired) electrons. The van der Waals surface area contributed by atoms with Crippen molar-refractivity contribution in [2.75, 3.05) is 29.1 Å². The first-order chi connectivity index (χ1) is 16.3. The van der Waals surface area contributed by atoms with E-state index in [-0.39, 0.29) is 5.91 Å². The van der Waals surface area contributed by atoms with Crippen molar-refractivity contribution in [2.45, 2.75) is 36.9 Å². The molecule has 2 aromatic heterocycles. The maximum absolute atomic E-state index is 12.8. The van der Waals surface area contributed by atoms with Crippen LogP contribution in [0, 0.1) is 0 Å². The number of hydrogen-bond acceptors (Lipinski definition) is 5. The molecule has 2 aliphatic rings. The minimum absolute atomic E-state index is 0.0226. The molecule has 8 heteroatoms. The van der Waals surface area contributed by atoms with Gasteiger partial charge < -0.3 is 15.2 Å². The summed E-state index contributed by atoms with van der Waals surface area (Å²) in [4.78, 5) is 18.5. The highest BCUT2D eigenvalue weighted by Gasteiger charge is 2.31. The number of thioether (sulfide) groups is 1. The number of aromatic amines is 1. The molecule has 3 heterocycles. The molecule has 1 amide bonds. The lowest BCUT2D eigenvalue weighted by atomic mass is 10.1. The van der Waals surface area contributed by atoms with Gasteiger partial charge in [-0.05, 0) is 43.9 Å². The van der Waals surface area contributed by atoms with E-state index in [0.717, 1.165) is 64.8 Å². The molecule has 33 heavy (non-hydrogen) atoms. The zero-order valence-electron chi connectivity index (χ0n) is 18.3. The summed E-state index contributed by atoms with van der Waals surface area (Å²) in [5.74, 6) is 1.15. The third-order valence-corrected chi connectivity index (χ3v) is 7.31. The molecule has 1 aliphatic heterocycles. The minimum atomic E-state index is -0.0226. The van der Waals surface area contributed by atoms with E-state index in [1.54, 1.807) is 0 Å². The Morgan fingerprint density at radius 1 is 1.06 bits per heavy atom. The molecular weight excluding hydrogens is 432 g/mol. The van der Waals surface area contributed by atoms with Crippen LogP contribution in [-0.2, 0) is 4.79 Å². The van der Waals surface area contributed by atoms with E-state index in [1.165, 1.54) is 24.6 Å². The fraction of sp³-hybridized carbons (Fsp3) is 0.320. The molecule has 0 atom stereocenters. The van der Waals surface area contributed by atoms with Crippen molar-refractivity contribution >= 4 is 39.9 Å². The van der Waals surface area contributed by atoms with Crippen LogP contribution < -0.4 is 10.2 Å². The Labute approximate surface area is 196 Å². The van der Waals surface area contributed by atoms with Crippen molar-refractivity contribution < 1.29 is 4.79 Å². The topological polar surface area (TPSA) is 78.8 Å². The first-order valence-electron chi connectivity index (χ1n) is 11.6. The average molecular weight is 459 g/mol. The van der Waals surface area contributed by atoms with Crippen molar-refractivity contribution in [3.8, 4) is 11.4 Å². The summed E-state index contributed by atoms with van der Waals surface area (Å²) in [6.07, 6.45) is 6.65. The number of nitrogens with one attached hydrogen (secondary N) is 2. The summed E-state index contributed by atoms with van der Waals surface area (Å²) in [6.45, 7) is 2.09. The lowest BCUT2D eigenvalue weighted by Crippen LogP contribution is -2.21. The number of anilines is 2. The van der Waals surface area contributed by atoms with Crippen molar-refractivity contribution in [2.24, 2.45) is 0 Å². The number of fused-ring (bicyclic) bond motifs is 1. The smallest absolute Gasteiger partial charge is 0.234 e. The standard InChI is InChI=1S/C25H26N6OS/c32-23(27-21-9-3-4-10-22(21)30-13-5-6-14-30)16-33-25-29-28-24(31(25)17-11-12-17)19-15-26-20-8-2-1-7-18(19)20/h1-4,7-10,15,17,26H,5-6,11-14,16H2,(H,27,32). The number of carbonyl (C=O) groups is 1. The van der Waals surface area contributed by atoms with Gasteiger partial charge in [-0.3, -0.25) is 9.36 Å². The van der Waals surface area contributed by atoms with Crippen LogP contribution in [0.4, 0.5) is 11.4 Å². The lowest BCUT2D eigenvalue weighted by molar-refractivity contribution is -0.113. The normalized spacial score (nSPS) is 15.9. The summed E-state index contributed by atoms with van der Waals surface area (Å²) < 4.78 is 2.21. The summed E-state index contributed by atoms with van der Waals surface area (Å²) >= 11 is 1.46. The van der Waals surface area contributed by atoms with Gasteiger partial charge in [0, 0.05) is 41.8 Å². The third-order valence-electron chi connectivity index (χ3n) is 6.36. The molecule has 1 saturated carbocycles. The summed E-state index contributed by atoms with van der Waals surface area (Å²) in [6, 6.07) is 16.7. The van der Waals surface area contributed by atoms with Crippen molar-refractivity contribution in [3.63, 3.8) is 0 Å². The number of aromatic nitrogens is 4. The van der Waals surface area contributed by atoms with Gasteiger partial charge in [0.15, 0.2) is 11.0 Å². The first kappa shape index (κ1) is 20.4. The highest BCUT2D eigenvalue weighted by atomic mass is 32.2. The van der Waals surface area contributed by atoms with Crippen LogP contribution >= 0.6 is 11.8 Å². The highest BCUT2D eigenvalue weighted by Crippen LogP contribution is 2.42. The maximum Gasteiger partial charge on any atom is 0.234 e. The lowest BCUT2D eigenvalue weighted by Gasteiger charge is -2.21. The average Bonchev–Trinajstić information content (AvgIpc) is 3.23. The van der Waals surface area contributed by atoms with Crippen LogP contribution in [0.15, 0.2) is 59.9 Å². The second-order valence-electron chi connectivity index (χ2n) is 8.70. The quantitative estimate of drug-likeness (QED) is 0.377. The van der Waals surface area contributed by atoms with Crippen LogP contribution in [0.2, 0.25) is 0 Å². The molecule has 2 N–H and O–H groups in total. The third kappa shape index (κ3) is 3.99. The Hall–Kier alpha value is -3.26. The van der Waals surface area contributed by atoms with Crippen LogP contribution in [0.3, 0.4) is 0 Å². The molecular formula is C25H26N6OS. The van der Waals surface area contributed by atoms with Crippen LogP contribution in [0.1, 0.15) is 31.7 Å². The predicted octanol–water partition coefficient (Wildman–Crippen LogP) is 5.09. The number of rotatable bonds is 7. The number of para-hydroxylation sites is 3. The minimum Gasteiger partial charge on any atom is -0.370 e. The zero-order valence-corrected chi connectivity index (χ0v) is 19.1. The van der Waals surface area contributed by atoms with E-state index < -0.39 is 0 Å². The Morgan fingerprint density at radius 3 is 2.70 bits per heavy atom. The van der Waals surface area contributed by atoms with Crippen molar-refractivity contribution in [3.05, 3.63) is 54.7 Å². The fourth-order valence-corrected chi connectivity index (χ4v) is 5.41. The van der Waals surface area contributed by atoms with Gasteiger partial charge in [-0.2, -0.15) is 0 Å². The Kier molecular flexibility index (Phi) is 5.30. The van der Waals surface area contributed by atoms with Crippen LogP contribution in [-0.4, -0.2) is 44.5 Å². The second-order valence-corrected chi connectivity index (χ2v) is 9.65. The van der Waals surface area contributed by atoms with Crippen molar-refractivity contribution in [1.82, 2.24) is 19.7 Å². The van der Waals surface area contributed by atoms with Gasteiger partial charge in [-0.15, -0.1) is 10.2 Å². The number of benzene rings is 2. The van der Waals surface area contributed by atoms with Gasteiger partial charge in [-0.25, -0.2) is 0 Å². The Morgan fingerprint density at radius 2 is 1.85 bits per heavy atom. The highest BCUT2D eigenvalue weighted by molar-refractivity contribution is 7.99. The van der Waals surface area contributed by atoms with E-state index in [4.69, 9.17) is 0 Å². The number of nitrogens with zero attached hydrogens (tertiary/aromatic N) is 4. The number of amides is 1. The molecule has 0 bridgehead atoms. The largest absolute Gasteiger partial charge is 0.370 e. The molecule has 6 rings (SSSR count). The predicted molar refractivity (Wildman–Crippen MR) is 133 cm³/mol. The van der Waals surface area contributed by atoms with E-state index in [9.17, 15) is 4.79 Å². The van der Waals surface area contributed by atoms with Crippen LogP contribution in [0.5, 0.6) is 0 Å². The monoisotopic (exact) mass is 458 g/mol. The zero-order chi connectivity index (χ0) is 22.2. The molecule has 2 fully saturated rings.